The maximum atomic E-state index is 12.5. The lowest BCUT2D eigenvalue weighted by Gasteiger charge is -2.33. The molecule has 7 heteroatoms. The lowest BCUT2D eigenvalue weighted by atomic mass is 9.91. The van der Waals surface area contributed by atoms with Crippen molar-refractivity contribution in [1.82, 2.24) is 20.0 Å². The van der Waals surface area contributed by atoms with E-state index in [0.717, 1.165) is 19.4 Å². The van der Waals surface area contributed by atoms with Gasteiger partial charge in [-0.25, -0.2) is 0 Å². The average Bonchev–Trinajstić information content (AvgIpc) is 3.20. The van der Waals surface area contributed by atoms with E-state index in [9.17, 15) is 4.79 Å². The summed E-state index contributed by atoms with van der Waals surface area (Å²) in [6, 6.07) is 5.38. The van der Waals surface area contributed by atoms with Crippen LogP contribution in [0.5, 0.6) is 0 Å². The van der Waals surface area contributed by atoms with Gasteiger partial charge in [0.05, 0.1) is 6.10 Å². The molecular weight excluding hydrogens is 296 g/mol. The molecule has 0 aromatic carbocycles. The fraction of sp³-hybridized carbons (Fsp3) is 0.500. The Labute approximate surface area is 133 Å². The average molecular weight is 314 g/mol. The van der Waals surface area contributed by atoms with Gasteiger partial charge >= 0.3 is 0 Å². The molecule has 2 fully saturated rings. The van der Waals surface area contributed by atoms with E-state index in [4.69, 9.17) is 9.26 Å². The number of ether oxygens (including phenoxy) is 1. The molecule has 7 nitrogen and oxygen atoms in total. The minimum atomic E-state index is -0.156. The molecule has 3 atom stereocenters. The third-order valence-corrected chi connectivity index (χ3v) is 4.54. The summed E-state index contributed by atoms with van der Waals surface area (Å²) in [6.45, 7) is 3.11. The largest absolute Gasteiger partial charge is 0.363 e. The second-order valence-electron chi connectivity index (χ2n) is 6.09. The minimum absolute atomic E-state index is 0.0219. The van der Waals surface area contributed by atoms with Gasteiger partial charge in [0.1, 0.15) is 11.8 Å². The molecule has 2 aliphatic heterocycles. The summed E-state index contributed by atoms with van der Waals surface area (Å²) in [4.78, 5) is 22.7. The predicted octanol–water partition coefficient (Wildman–Crippen LogP) is 1.77. The number of pyridine rings is 1. The van der Waals surface area contributed by atoms with E-state index in [-0.39, 0.29) is 18.1 Å². The van der Waals surface area contributed by atoms with Crippen LogP contribution in [0.15, 0.2) is 28.9 Å². The normalized spacial score (nSPS) is 27.0. The van der Waals surface area contributed by atoms with Crippen molar-refractivity contribution in [2.24, 2.45) is 5.92 Å². The summed E-state index contributed by atoms with van der Waals surface area (Å²) in [5.41, 5.74) is 0.480. The Morgan fingerprint density at radius 2 is 2.30 bits per heavy atom. The van der Waals surface area contributed by atoms with Gasteiger partial charge in [0.25, 0.3) is 11.8 Å². The SMILES string of the molecule is Cc1noc([C@@H]2C[C@H]3CCN(C(=O)c4ccccn4)C[C@@H]3O2)n1. The van der Waals surface area contributed by atoms with Crippen LogP contribution in [-0.4, -0.2) is 45.1 Å². The predicted molar refractivity (Wildman–Crippen MR) is 79.5 cm³/mol. The van der Waals surface area contributed by atoms with E-state index in [1.54, 1.807) is 25.3 Å². The van der Waals surface area contributed by atoms with E-state index in [0.29, 0.717) is 29.9 Å². The Morgan fingerprint density at radius 3 is 3.04 bits per heavy atom. The van der Waals surface area contributed by atoms with Gasteiger partial charge in [-0.2, -0.15) is 4.98 Å². The molecule has 120 valence electrons. The smallest absolute Gasteiger partial charge is 0.272 e. The summed E-state index contributed by atoms with van der Waals surface area (Å²) in [5.74, 6) is 1.55. The molecule has 0 unspecified atom stereocenters. The molecule has 23 heavy (non-hydrogen) atoms. The highest BCUT2D eigenvalue weighted by atomic mass is 16.5. The zero-order chi connectivity index (χ0) is 15.8. The molecule has 2 aromatic rings. The molecule has 1 amide bonds. The van der Waals surface area contributed by atoms with Crippen molar-refractivity contribution in [3.05, 3.63) is 41.8 Å². The Bertz CT molecular complexity index is 702. The van der Waals surface area contributed by atoms with Crippen LogP contribution in [0.1, 0.15) is 41.1 Å². The molecular formula is C16H18N4O3. The van der Waals surface area contributed by atoms with Crippen LogP contribution in [0.3, 0.4) is 0 Å². The van der Waals surface area contributed by atoms with Gasteiger partial charge in [0.2, 0.25) is 0 Å². The Morgan fingerprint density at radius 1 is 1.39 bits per heavy atom. The van der Waals surface area contributed by atoms with Crippen LogP contribution in [-0.2, 0) is 4.74 Å². The highest BCUT2D eigenvalue weighted by molar-refractivity contribution is 5.92. The minimum Gasteiger partial charge on any atom is -0.363 e. The van der Waals surface area contributed by atoms with Gasteiger partial charge in [0.15, 0.2) is 5.82 Å². The van der Waals surface area contributed by atoms with Crippen molar-refractivity contribution >= 4 is 5.91 Å². The number of rotatable bonds is 2. The van der Waals surface area contributed by atoms with E-state index >= 15 is 0 Å². The van der Waals surface area contributed by atoms with Crippen LogP contribution >= 0.6 is 0 Å². The highest BCUT2D eigenvalue weighted by Crippen LogP contribution is 2.40. The first-order valence-electron chi connectivity index (χ1n) is 7.86. The number of amides is 1. The number of aryl methyl sites for hydroxylation is 1. The number of piperidine rings is 1. The number of likely N-dealkylation sites (tertiary alicyclic amines) is 1. The molecule has 4 rings (SSSR count). The highest BCUT2D eigenvalue weighted by Gasteiger charge is 2.42. The second-order valence-corrected chi connectivity index (χ2v) is 6.09. The fourth-order valence-electron chi connectivity index (χ4n) is 3.37. The number of hydrogen-bond donors (Lipinski definition) is 0. The van der Waals surface area contributed by atoms with Crippen LogP contribution in [0, 0.1) is 12.8 Å². The number of hydrogen-bond acceptors (Lipinski definition) is 6. The van der Waals surface area contributed by atoms with Gasteiger partial charge in [-0.15, -0.1) is 0 Å². The lowest BCUT2D eigenvalue weighted by Crippen LogP contribution is -2.45. The van der Waals surface area contributed by atoms with Gasteiger partial charge in [-0.3, -0.25) is 9.78 Å². The number of fused-ring (bicyclic) bond motifs is 1. The van der Waals surface area contributed by atoms with Crippen LogP contribution in [0.4, 0.5) is 0 Å². The molecule has 2 aliphatic rings. The van der Waals surface area contributed by atoms with Gasteiger partial charge in [-0.1, -0.05) is 11.2 Å². The monoisotopic (exact) mass is 314 g/mol. The third-order valence-electron chi connectivity index (χ3n) is 4.54. The molecule has 0 N–H and O–H groups in total. The van der Waals surface area contributed by atoms with E-state index in [1.165, 1.54) is 0 Å². The summed E-state index contributed by atoms with van der Waals surface area (Å²) in [6.07, 6.45) is 3.30. The summed E-state index contributed by atoms with van der Waals surface area (Å²) < 4.78 is 11.3. The van der Waals surface area contributed by atoms with Crippen LogP contribution in [0.25, 0.3) is 0 Å². The second kappa shape index (κ2) is 5.73. The molecule has 0 bridgehead atoms. The number of carbonyl (C=O) groups excluding carboxylic acids is 1. The first kappa shape index (κ1) is 14.3. The number of aromatic nitrogens is 3. The van der Waals surface area contributed by atoms with Gasteiger partial charge < -0.3 is 14.2 Å². The van der Waals surface area contributed by atoms with Crippen molar-refractivity contribution < 1.29 is 14.1 Å². The van der Waals surface area contributed by atoms with Crippen molar-refractivity contribution in [3.8, 4) is 0 Å². The fourth-order valence-corrected chi connectivity index (χ4v) is 3.37. The van der Waals surface area contributed by atoms with E-state index in [1.807, 2.05) is 11.0 Å². The lowest BCUT2D eigenvalue weighted by molar-refractivity contribution is -0.0138. The van der Waals surface area contributed by atoms with Crippen LogP contribution in [0.2, 0.25) is 0 Å². The topological polar surface area (TPSA) is 81.4 Å². The zero-order valence-corrected chi connectivity index (χ0v) is 12.9. The molecule has 0 spiro atoms. The van der Waals surface area contributed by atoms with E-state index in [2.05, 4.69) is 15.1 Å². The van der Waals surface area contributed by atoms with Gasteiger partial charge in [0, 0.05) is 19.3 Å². The number of nitrogens with zero attached hydrogens (tertiary/aromatic N) is 4. The van der Waals surface area contributed by atoms with Crippen molar-refractivity contribution in [1.29, 1.82) is 0 Å². The molecule has 2 aromatic heterocycles. The molecule has 2 saturated heterocycles. The Kier molecular flexibility index (Phi) is 3.57. The summed E-state index contributed by atoms with van der Waals surface area (Å²) in [7, 11) is 0. The molecule has 4 heterocycles. The third kappa shape index (κ3) is 2.72. The van der Waals surface area contributed by atoms with Crippen LogP contribution < -0.4 is 0 Å². The zero-order valence-electron chi connectivity index (χ0n) is 12.9. The van der Waals surface area contributed by atoms with E-state index < -0.39 is 0 Å². The Hall–Kier alpha value is -2.28. The summed E-state index contributed by atoms with van der Waals surface area (Å²) >= 11 is 0. The quantitative estimate of drug-likeness (QED) is 0.840. The number of carbonyl (C=O) groups is 1. The van der Waals surface area contributed by atoms with Crippen molar-refractivity contribution in [2.45, 2.75) is 32.0 Å². The maximum absolute atomic E-state index is 12.5. The molecule has 0 radical (unpaired) electrons. The Balaban J connectivity index is 1.44. The van der Waals surface area contributed by atoms with Gasteiger partial charge in [-0.05, 0) is 37.8 Å². The maximum Gasteiger partial charge on any atom is 0.272 e. The standard InChI is InChI=1S/C16H18N4O3/c1-10-18-15(23-19-10)13-8-11-5-7-20(9-14(11)22-13)16(21)12-4-2-3-6-17-12/h2-4,6,11,13-14H,5,7-9H2,1H3/t11-,13+,14+/m1/s1. The summed E-state index contributed by atoms with van der Waals surface area (Å²) in [5, 5.41) is 3.82. The first-order chi connectivity index (χ1) is 11.2. The van der Waals surface area contributed by atoms with Crippen molar-refractivity contribution in [3.63, 3.8) is 0 Å². The van der Waals surface area contributed by atoms with Crippen molar-refractivity contribution in [2.75, 3.05) is 13.1 Å². The molecule has 0 aliphatic carbocycles. The first-order valence-corrected chi connectivity index (χ1v) is 7.86. The molecule has 0 saturated carbocycles.